The molecule has 2 heteroatoms. The number of carbonyl (C=O) groups excluding carboxylic acids is 1. The van der Waals surface area contributed by atoms with Gasteiger partial charge in [-0.2, -0.15) is 0 Å². The van der Waals surface area contributed by atoms with Crippen LogP contribution in [-0.4, -0.2) is 5.94 Å². The summed E-state index contributed by atoms with van der Waals surface area (Å²) in [5.41, 5.74) is 5.66. The molecule has 52 valence electrons. The number of rotatable bonds is 1. The van der Waals surface area contributed by atoms with Crippen molar-refractivity contribution >= 4 is 5.94 Å². The molecule has 0 unspecified atom stereocenters. The van der Waals surface area contributed by atoms with Crippen molar-refractivity contribution < 1.29 is 4.79 Å². The van der Waals surface area contributed by atoms with Gasteiger partial charge in [-0.05, 0) is 5.41 Å². The molecule has 0 atom stereocenters. The van der Waals surface area contributed by atoms with E-state index in [-0.39, 0.29) is 5.41 Å². The van der Waals surface area contributed by atoms with E-state index in [4.69, 9.17) is 5.73 Å². The highest BCUT2D eigenvalue weighted by Gasteiger charge is 2.11. The highest BCUT2D eigenvalue weighted by atomic mass is 16.1. The molecule has 0 bridgehead atoms. The zero-order valence-electron chi connectivity index (χ0n) is 6.19. The first kappa shape index (κ1) is 8.25. The minimum atomic E-state index is 0.0987. The highest BCUT2D eigenvalue weighted by molar-refractivity contribution is 5.50. The van der Waals surface area contributed by atoms with Crippen LogP contribution in [0, 0.1) is 5.41 Å². The average molecular weight is 127 g/mol. The molecule has 0 rings (SSSR count). The maximum absolute atomic E-state index is 9.90. The third-order valence-electron chi connectivity index (χ3n) is 0.852. The van der Waals surface area contributed by atoms with Crippen LogP contribution in [0.3, 0.4) is 0 Å². The first-order valence-corrected chi connectivity index (χ1v) is 2.95. The van der Waals surface area contributed by atoms with Gasteiger partial charge in [-0.3, -0.25) is 0 Å². The van der Waals surface area contributed by atoms with E-state index in [1.54, 1.807) is 5.94 Å². The molecule has 0 amide bonds. The van der Waals surface area contributed by atoms with Crippen molar-refractivity contribution in [3.63, 3.8) is 0 Å². The number of allylic oxidation sites excluding steroid dienone is 1. The fourth-order valence-corrected chi connectivity index (χ4v) is 0.607. The maximum Gasteiger partial charge on any atom is 0.145 e. The third kappa shape index (κ3) is 5.12. The zero-order valence-corrected chi connectivity index (χ0v) is 6.19. The molecule has 2 nitrogen and oxygen atoms in total. The van der Waals surface area contributed by atoms with Crippen molar-refractivity contribution in [1.29, 1.82) is 0 Å². The van der Waals surface area contributed by atoms with E-state index in [2.05, 4.69) is 0 Å². The van der Waals surface area contributed by atoms with Gasteiger partial charge in [0, 0.05) is 6.42 Å². The topological polar surface area (TPSA) is 43.1 Å². The Morgan fingerprint density at radius 1 is 1.56 bits per heavy atom. The molecule has 0 heterocycles. The predicted molar refractivity (Wildman–Crippen MR) is 37.5 cm³/mol. The Labute approximate surface area is 55.7 Å². The highest BCUT2D eigenvalue weighted by Crippen LogP contribution is 2.19. The summed E-state index contributed by atoms with van der Waals surface area (Å²) in [6.45, 7) is 6.07. The van der Waals surface area contributed by atoms with E-state index in [0.29, 0.717) is 12.1 Å². The van der Waals surface area contributed by atoms with E-state index in [9.17, 15) is 4.79 Å². The van der Waals surface area contributed by atoms with Gasteiger partial charge in [-0.25, -0.2) is 4.79 Å². The van der Waals surface area contributed by atoms with E-state index in [1.807, 2.05) is 20.8 Å². The van der Waals surface area contributed by atoms with Gasteiger partial charge in [0.15, 0.2) is 0 Å². The van der Waals surface area contributed by atoms with Crippen molar-refractivity contribution in [2.24, 2.45) is 11.1 Å². The Balaban J connectivity index is 3.89. The van der Waals surface area contributed by atoms with Crippen LogP contribution in [0.5, 0.6) is 0 Å². The number of nitrogens with two attached hydrogens (primary N) is 1. The molecule has 0 spiro atoms. The predicted octanol–water partition coefficient (Wildman–Crippen LogP) is 1.10. The summed E-state index contributed by atoms with van der Waals surface area (Å²) in [5, 5.41) is 0. The number of hydrogen-bond donors (Lipinski definition) is 1. The summed E-state index contributed by atoms with van der Waals surface area (Å²) in [6.07, 6.45) is 0.622. The lowest BCUT2D eigenvalue weighted by molar-refractivity contribution is 0.408. The minimum Gasteiger partial charge on any atom is -0.393 e. The molecular formula is C7H13NO. The first-order chi connectivity index (χ1) is 3.95. The molecule has 0 radical (unpaired) electrons. The van der Waals surface area contributed by atoms with Gasteiger partial charge >= 0.3 is 0 Å². The molecule has 0 aromatic rings. The largest absolute Gasteiger partial charge is 0.393 e. The van der Waals surface area contributed by atoms with Crippen molar-refractivity contribution in [3.8, 4) is 0 Å². The lowest BCUT2D eigenvalue weighted by Crippen LogP contribution is -2.11. The summed E-state index contributed by atoms with van der Waals surface area (Å²) in [4.78, 5) is 9.90. The van der Waals surface area contributed by atoms with Gasteiger partial charge in [-0.1, -0.05) is 20.8 Å². The van der Waals surface area contributed by atoms with Gasteiger partial charge < -0.3 is 5.73 Å². The minimum absolute atomic E-state index is 0.0987. The SMILES string of the molecule is CC(C)(C)CC(N)=C=O. The molecule has 0 aliphatic carbocycles. The van der Waals surface area contributed by atoms with Crippen LogP contribution in [0.25, 0.3) is 0 Å². The van der Waals surface area contributed by atoms with Gasteiger partial charge in [-0.15, -0.1) is 0 Å². The van der Waals surface area contributed by atoms with Crippen LogP contribution in [0.1, 0.15) is 27.2 Å². The summed E-state index contributed by atoms with van der Waals surface area (Å²) in [7, 11) is 0. The Hall–Kier alpha value is -0.750. The summed E-state index contributed by atoms with van der Waals surface area (Å²) in [6, 6.07) is 0. The molecule has 0 saturated carbocycles. The standard InChI is InChI=1S/C7H13NO/c1-7(2,3)4-6(8)5-9/h4,8H2,1-3H3. The van der Waals surface area contributed by atoms with Gasteiger partial charge in [0.1, 0.15) is 5.94 Å². The number of hydrogen-bond acceptors (Lipinski definition) is 2. The van der Waals surface area contributed by atoms with Crippen molar-refractivity contribution in [2.45, 2.75) is 27.2 Å². The molecule has 0 saturated heterocycles. The van der Waals surface area contributed by atoms with Crippen molar-refractivity contribution in [2.75, 3.05) is 0 Å². The van der Waals surface area contributed by atoms with Crippen LogP contribution >= 0.6 is 0 Å². The molecule has 0 fully saturated rings. The Morgan fingerprint density at radius 3 is 2.11 bits per heavy atom. The Bertz CT molecular complexity index is 137. The van der Waals surface area contributed by atoms with E-state index in [1.165, 1.54) is 0 Å². The average Bonchev–Trinajstić information content (AvgIpc) is 1.62. The second-order valence-corrected chi connectivity index (χ2v) is 3.36. The van der Waals surface area contributed by atoms with Gasteiger partial charge in [0.25, 0.3) is 0 Å². The molecule has 0 aliphatic heterocycles. The summed E-state index contributed by atoms with van der Waals surface area (Å²) < 4.78 is 0. The van der Waals surface area contributed by atoms with Crippen LogP contribution in [0.15, 0.2) is 5.70 Å². The molecule has 9 heavy (non-hydrogen) atoms. The molecule has 0 aliphatic rings. The first-order valence-electron chi connectivity index (χ1n) is 2.95. The smallest absolute Gasteiger partial charge is 0.145 e. The second-order valence-electron chi connectivity index (χ2n) is 3.36. The van der Waals surface area contributed by atoms with Gasteiger partial charge in [0.05, 0.1) is 5.70 Å². The lowest BCUT2D eigenvalue weighted by Gasteiger charge is -2.15. The molecule has 0 aromatic carbocycles. The fourth-order valence-electron chi connectivity index (χ4n) is 0.607. The van der Waals surface area contributed by atoms with E-state index in [0.717, 1.165) is 0 Å². The second kappa shape index (κ2) is 2.70. The zero-order chi connectivity index (χ0) is 7.49. The fraction of sp³-hybridized carbons (Fsp3) is 0.714. The third-order valence-corrected chi connectivity index (χ3v) is 0.852. The van der Waals surface area contributed by atoms with E-state index >= 15 is 0 Å². The Kier molecular flexibility index (Phi) is 2.47. The summed E-state index contributed by atoms with van der Waals surface area (Å²) in [5.74, 6) is 1.67. The van der Waals surface area contributed by atoms with Crippen molar-refractivity contribution in [1.82, 2.24) is 0 Å². The van der Waals surface area contributed by atoms with Gasteiger partial charge in [0.2, 0.25) is 0 Å². The monoisotopic (exact) mass is 127 g/mol. The maximum atomic E-state index is 9.90. The van der Waals surface area contributed by atoms with Crippen LogP contribution < -0.4 is 5.73 Å². The molecule has 2 N–H and O–H groups in total. The molecule has 0 aromatic heterocycles. The quantitative estimate of drug-likeness (QED) is 0.536. The van der Waals surface area contributed by atoms with Crippen LogP contribution in [0.4, 0.5) is 0 Å². The molecular weight excluding hydrogens is 114 g/mol. The van der Waals surface area contributed by atoms with Crippen LogP contribution in [0.2, 0.25) is 0 Å². The Morgan fingerprint density at radius 2 is 2.00 bits per heavy atom. The normalized spacial score (nSPS) is 10.6. The van der Waals surface area contributed by atoms with E-state index < -0.39 is 0 Å². The van der Waals surface area contributed by atoms with Crippen molar-refractivity contribution in [3.05, 3.63) is 5.70 Å². The van der Waals surface area contributed by atoms with Crippen LogP contribution in [-0.2, 0) is 4.79 Å². The summed E-state index contributed by atoms with van der Waals surface area (Å²) >= 11 is 0. The lowest BCUT2D eigenvalue weighted by atomic mass is 9.91.